The second-order valence-corrected chi connectivity index (χ2v) is 6.79. The van der Waals surface area contributed by atoms with Crippen LogP contribution in [0.4, 0.5) is 0 Å². The Kier molecular flexibility index (Phi) is 4.55. The molecule has 2 heterocycles. The Morgan fingerprint density at radius 3 is 2.48 bits per heavy atom. The van der Waals surface area contributed by atoms with E-state index in [9.17, 15) is 14.4 Å². The Bertz CT molecular complexity index is 1300. The normalized spacial score (nSPS) is 11.1. The largest absolute Gasteiger partial charge is 0.290 e. The van der Waals surface area contributed by atoms with Crippen molar-refractivity contribution in [3.63, 3.8) is 0 Å². The SMILES string of the molecule is CC(C)n1nc(C(=O)NNC(=O)c2cccc3cn[nH]c23)c2ccccc2c1=O. The molecule has 146 valence electrons. The molecule has 4 aromatic rings. The number of H-pyrrole nitrogens is 1. The summed E-state index contributed by atoms with van der Waals surface area (Å²) in [7, 11) is 0. The summed E-state index contributed by atoms with van der Waals surface area (Å²) in [4.78, 5) is 37.9. The van der Waals surface area contributed by atoms with Crippen LogP contribution in [0, 0.1) is 0 Å². The van der Waals surface area contributed by atoms with E-state index >= 15 is 0 Å². The first-order valence-electron chi connectivity index (χ1n) is 9.01. The number of aromatic nitrogens is 4. The topological polar surface area (TPSA) is 122 Å². The van der Waals surface area contributed by atoms with Gasteiger partial charge in [-0.3, -0.25) is 30.3 Å². The van der Waals surface area contributed by atoms with Gasteiger partial charge in [0, 0.05) is 10.8 Å². The number of fused-ring (bicyclic) bond motifs is 2. The highest BCUT2D eigenvalue weighted by Crippen LogP contribution is 2.16. The highest BCUT2D eigenvalue weighted by molar-refractivity contribution is 6.08. The van der Waals surface area contributed by atoms with E-state index in [1.165, 1.54) is 4.68 Å². The molecule has 0 saturated heterocycles. The lowest BCUT2D eigenvalue weighted by molar-refractivity contribution is 0.0844. The van der Waals surface area contributed by atoms with Gasteiger partial charge in [-0.2, -0.15) is 10.2 Å². The van der Waals surface area contributed by atoms with Crippen LogP contribution in [0.2, 0.25) is 0 Å². The second-order valence-electron chi connectivity index (χ2n) is 6.79. The Morgan fingerprint density at radius 2 is 1.72 bits per heavy atom. The van der Waals surface area contributed by atoms with Gasteiger partial charge in [-0.1, -0.05) is 30.3 Å². The molecular formula is C20H18N6O3. The number of hydrogen-bond donors (Lipinski definition) is 3. The molecule has 9 nitrogen and oxygen atoms in total. The van der Waals surface area contributed by atoms with Crippen LogP contribution in [0.15, 0.2) is 53.5 Å². The van der Waals surface area contributed by atoms with Gasteiger partial charge in [-0.05, 0) is 26.0 Å². The maximum atomic E-state index is 12.8. The van der Waals surface area contributed by atoms with Crippen LogP contribution in [0.25, 0.3) is 21.7 Å². The van der Waals surface area contributed by atoms with Crippen molar-refractivity contribution in [1.29, 1.82) is 0 Å². The van der Waals surface area contributed by atoms with E-state index in [-0.39, 0.29) is 17.3 Å². The third kappa shape index (κ3) is 3.22. The smallest absolute Gasteiger partial charge is 0.277 e. The van der Waals surface area contributed by atoms with Gasteiger partial charge in [0.15, 0.2) is 5.69 Å². The summed E-state index contributed by atoms with van der Waals surface area (Å²) in [6, 6.07) is 11.7. The summed E-state index contributed by atoms with van der Waals surface area (Å²) >= 11 is 0. The maximum absolute atomic E-state index is 12.8. The molecule has 2 amide bonds. The lowest BCUT2D eigenvalue weighted by Gasteiger charge is -2.14. The van der Waals surface area contributed by atoms with Crippen LogP contribution in [0.5, 0.6) is 0 Å². The van der Waals surface area contributed by atoms with Gasteiger partial charge in [-0.15, -0.1) is 0 Å². The Labute approximate surface area is 164 Å². The Balaban J connectivity index is 1.64. The molecule has 3 N–H and O–H groups in total. The average Bonchev–Trinajstić information content (AvgIpc) is 3.21. The quantitative estimate of drug-likeness (QED) is 0.462. The lowest BCUT2D eigenvalue weighted by Crippen LogP contribution is -2.43. The van der Waals surface area contributed by atoms with Gasteiger partial charge in [0.25, 0.3) is 17.4 Å². The Hall–Kier alpha value is -4.01. The zero-order chi connectivity index (χ0) is 20.5. The van der Waals surface area contributed by atoms with E-state index in [1.54, 1.807) is 56.4 Å². The third-order valence-electron chi connectivity index (χ3n) is 4.54. The first-order valence-corrected chi connectivity index (χ1v) is 9.01. The lowest BCUT2D eigenvalue weighted by atomic mass is 10.1. The average molecular weight is 390 g/mol. The second kappa shape index (κ2) is 7.19. The first-order chi connectivity index (χ1) is 14.0. The number of nitrogens with one attached hydrogen (secondary N) is 3. The van der Waals surface area contributed by atoms with Crippen LogP contribution in [-0.4, -0.2) is 31.8 Å². The van der Waals surface area contributed by atoms with E-state index in [4.69, 9.17) is 0 Å². The molecule has 0 bridgehead atoms. The number of carbonyl (C=O) groups is 2. The molecule has 9 heteroatoms. The number of aromatic amines is 1. The number of benzene rings is 2. The number of carbonyl (C=O) groups excluding carboxylic acids is 2. The minimum atomic E-state index is -0.624. The standard InChI is InChI=1S/C20H18N6O3/c1-11(2)26-20(29)14-8-4-3-7-13(14)17(25-26)19(28)24-23-18(27)15-9-5-6-12-10-21-22-16(12)15/h3-11H,1-2H3,(H,21,22)(H,23,27)(H,24,28). The summed E-state index contributed by atoms with van der Waals surface area (Å²) in [5, 5.41) is 12.5. The molecule has 0 radical (unpaired) electrons. The van der Waals surface area contributed by atoms with E-state index in [2.05, 4.69) is 26.1 Å². The van der Waals surface area contributed by atoms with Crippen molar-refractivity contribution in [2.45, 2.75) is 19.9 Å². The van der Waals surface area contributed by atoms with E-state index in [0.29, 0.717) is 21.9 Å². The molecule has 2 aromatic carbocycles. The number of amides is 2. The molecule has 0 aliphatic heterocycles. The molecule has 2 aromatic heterocycles. The highest BCUT2D eigenvalue weighted by Gasteiger charge is 2.19. The van der Waals surface area contributed by atoms with Crippen molar-refractivity contribution in [2.75, 3.05) is 0 Å². The monoisotopic (exact) mass is 390 g/mol. The van der Waals surface area contributed by atoms with Crippen molar-refractivity contribution in [2.24, 2.45) is 0 Å². The van der Waals surface area contributed by atoms with Crippen LogP contribution in [0.3, 0.4) is 0 Å². The van der Waals surface area contributed by atoms with Gasteiger partial charge >= 0.3 is 0 Å². The van der Waals surface area contributed by atoms with Crippen LogP contribution in [-0.2, 0) is 0 Å². The fraction of sp³-hybridized carbons (Fsp3) is 0.150. The van der Waals surface area contributed by atoms with Crippen molar-refractivity contribution in [1.82, 2.24) is 30.8 Å². The summed E-state index contributed by atoms with van der Waals surface area (Å²) in [5.41, 5.74) is 5.45. The van der Waals surface area contributed by atoms with Crippen LogP contribution < -0.4 is 16.4 Å². The maximum Gasteiger partial charge on any atom is 0.290 e. The van der Waals surface area contributed by atoms with Crippen LogP contribution in [0.1, 0.15) is 40.7 Å². The number of rotatable bonds is 3. The van der Waals surface area contributed by atoms with Gasteiger partial charge in [0.2, 0.25) is 0 Å². The molecule has 0 unspecified atom stereocenters. The highest BCUT2D eigenvalue weighted by atomic mass is 16.2. The van der Waals surface area contributed by atoms with Gasteiger partial charge in [0.1, 0.15) is 0 Å². The molecule has 0 aliphatic rings. The number of hydrazine groups is 1. The molecule has 29 heavy (non-hydrogen) atoms. The Morgan fingerprint density at radius 1 is 1.00 bits per heavy atom. The summed E-state index contributed by atoms with van der Waals surface area (Å²) in [6.45, 7) is 3.61. The molecule has 0 fully saturated rings. The van der Waals surface area contributed by atoms with Crippen molar-refractivity contribution < 1.29 is 9.59 Å². The predicted molar refractivity (Wildman–Crippen MR) is 107 cm³/mol. The van der Waals surface area contributed by atoms with Gasteiger partial charge in [0.05, 0.1) is 28.7 Å². The molecule has 0 atom stereocenters. The summed E-state index contributed by atoms with van der Waals surface area (Å²) in [6.07, 6.45) is 1.61. The molecule has 0 saturated carbocycles. The van der Waals surface area contributed by atoms with Crippen molar-refractivity contribution in [3.05, 3.63) is 70.3 Å². The molecule has 0 aliphatic carbocycles. The minimum absolute atomic E-state index is 0.0500. The van der Waals surface area contributed by atoms with E-state index in [0.717, 1.165) is 5.39 Å². The molecule has 0 spiro atoms. The third-order valence-corrected chi connectivity index (χ3v) is 4.54. The van der Waals surface area contributed by atoms with E-state index in [1.807, 2.05) is 6.07 Å². The minimum Gasteiger partial charge on any atom is -0.277 e. The summed E-state index contributed by atoms with van der Waals surface area (Å²) in [5.74, 6) is -1.13. The first kappa shape index (κ1) is 18.4. The van der Waals surface area contributed by atoms with Crippen LogP contribution >= 0.6 is 0 Å². The zero-order valence-electron chi connectivity index (χ0n) is 15.8. The predicted octanol–water partition coefficient (Wildman–Crippen LogP) is 1.93. The van der Waals surface area contributed by atoms with Crippen molar-refractivity contribution in [3.8, 4) is 0 Å². The van der Waals surface area contributed by atoms with Gasteiger partial charge < -0.3 is 0 Å². The molecule has 4 rings (SSSR count). The van der Waals surface area contributed by atoms with Crippen molar-refractivity contribution >= 4 is 33.5 Å². The number of para-hydroxylation sites is 1. The number of nitrogens with zero attached hydrogens (tertiary/aromatic N) is 3. The fourth-order valence-corrected chi connectivity index (χ4v) is 3.12. The van der Waals surface area contributed by atoms with Gasteiger partial charge in [-0.25, -0.2) is 4.68 Å². The fourth-order valence-electron chi connectivity index (χ4n) is 3.12. The number of hydrogen-bond acceptors (Lipinski definition) is 5. The van der Waals surface area contributed by atoms with E-state index < -0.39 is 11.8 Å². The summed E-state index contributed by atoms with van der Waals surface area (Å²) < 4.78 is 1.25. The molecular weight excluding hydrogens is 372 g/mol. The zero-order valence-corrected chi connectivity index (χ0v) is 15.8.